The third-order valence-corrected chi connectivity index (χ3v) is 5.07. The zero-order valence-corrected chi connectivity index (χ0v) is 16.1. The maximum Gasteiger partial charge on any atom is 0.220 e. The van der Waals surface area contributed by atoms with Crippen molar-refractivity contribution < 1.29 is 9.53 Å². The number of hydrogen-bond acceptors (Lipinski definition) is 4. The first-order chi connectivity index (χ1) is 11.4. The second-order valence-electron chi connectivity index (χ2n) is 5.90. The highest BCUT2D eigenvalue weighted by atomic mass is 35.5. The molecule has 1 aromatic heterocycles. The van der Waals surface area contributed by atoms with Gasteiger partial charge in [0.15, 0.2) is 0 Å². The van der Waals surface area contributed by atoms with Gasteiger partial charge >= 0.3 is 0 Å². The fourth-order valence-corrected chi connectivity index (χ4v) is 3.19. The SMILES string of the molecule is Cc1nc(C(C)NC(=O)CCCOc2cc(C)c(Cl)c(C)c2)cs1. The van der Waals surface area contributed by atoms with E-state index in [0.29, 0.717) is 19.4 Å². The summed E-state index contributed by atoms with van der Waals surface area (Å²) in [7, 11) is 0. The molecule has 0 saturated heterocycles. The van der Waals surface area contributed by atoms with E-state index in [-0.39, 0.29) is 11.9 Å². The van der Waals surface area contributed by atoms with Gasteiger partial charge in [-0.15, -0.1) is 11.3 Å². The first kappa shape index (κ1) is 18.7. The number of carbonyl (C=O) groups excluding carboxylic acids is 1. The standard InChI is InChI=1S/C18H23ClN2O2S/c1-11-8-15(9-12(2)18(11)19)23-7-5-6-17(22)20-13(3)16-10-24-14(4)21-16/h8-10,13H,5-7H2,1-4H3,(H,20,22). The lowest BCUT2D eigenvalue weighted by molar-refractivity contribution is -0.122. The molecule has 0 saturated carbocycles. The van der Waals surface area contributed by atoms with E-state index in [9.17, 15) is 4.79 Å². The van der Waals surface area contributed by atoms with Crippen LogP contribution in [0.4, 0.5) is 0 Å². The van der Waals surface area contributed by atoms with E-state index in [1.165, 1.54) is 0 Å². The van der Waals surface area contributed by atoms with Crippen molar-refractivity contribution in [2.24, 2.45) is 0 Å². The molecule has 0 spiro atoms. The van der Waals surface area contributed by atoms with Gasteiger partial charge < -0.3 is 10.1 Å². The van der Waals surface area contributed by atoms with Gasteiger partial charge in [-0.2, -0.15) is 0 Å². The normalized spacial score (nSPS) is 12.0. The van der Waals surface area contributed by atoms with Crippen molar-refractivity contribution in [3.8, 4) is 5.75 Å². The number of hydrogen-bond donors (Lipinski definition) is 1. The average molecular weight is 367 g/mol. The molecule has 2 aromatic rings. The Morgan fingerprint density at radius 1 is 1.33 bits per heavy atom. The lowest BCUT2D eigenvalue weighted by Gasteiger charge is -2.12. The molecule has 24 heavy (non-hydrogen) atoms. The molecule has 1 N–H and O–H groups in total. The van der Waals surface area contributed by atoms with Gasteiger partial charge in [-0.05, 0) is 57.4 Å². The van der Waals surface area contributed by atoms with Crippen molar-refractivity contribution >= 4 is 28.8 Å². The Morgan fingerprint density at radius 3 is 2.58 bits per heavy atom. The quantitative estimate of drug-likeness (QED) is 0.719. The van der Waals surface area contributed by atoms with Crippen molar-refractivity contribution in [3.63, 3.8) is 0 Å². The number of rotatable bonds is 7. The molecule has 1 aromatic carbocycles. The minimum atomic E-state index is -0.0649. The summed E-state index contributed by atoms with van der Waals surface area (Å²) in [4.78, 5) is 16.4. The molecular weight excluding hydrogens is 344 g/mol. The van der Waals surface area contributed by atoms with Gasteiger partial charge in [-0.3, -0.25) is 4.79 Å². The molecule has 0 fully saturated rings. The van der Waals surface area contributed by atoms with Crippen molar-refractivity contribution in [2.75, 3.05) is 6.61 Å². The van der Waals surface area contributed by atoms with Crippen LogP contribution in [0.15, 0.2) is 17.5 Å². The van der Waals surface area contributed by atoms with Gasteiger partial charge in [0.1, 0.15) is 5.75 Å². The first-order valence-corrected chi connectivity index (χ1v) is 9.23. The maximum atomic E-state index is 12.0. The number of amides is 1. The van der Waals surface area contributed by atoms with Crippen molar-refractivity contribution in [1.29, 1.82) is 0 Å². The molecule has 1 heterocycles. The van der Waals surface area contributed by atoms with Crippen LogP contribution in [-0.4, -0.2) is 17.5 Å². The number of halogens is 1. The van der Waals surface area contributed by atoms with E-state index in [1.807, 2.05) is 45.2 Å². The lowest BCUT2D eigenvalue weighted by Crippen LogP contribution is -2.27. The van der Waals surface area contributed by atoms with Crippen LogP contribution in [0.25, 0.3) is 0 Å². The highest BCUT2D eigenvalue weighted by molar-refractivity contribution is 7.09. The summed E-state index contributed by atoms with van der Waals surface area (Å²) in [6, 6.07) is 3.77. The number of benzene rings is 1. The predicted octanol–water partition coefficient (Wildman–Crippen LogP) is 4.76. The number of nitrogens with one attached hydrogen (secondary N) is 1. The van der Waals surface area contributed by atoms with E-state index in [4.69, 9.17) is 16.3 Å². The fraction of sp³-hybridized carbons (Fsp3) is 0.444. The van der Waals surface area contributed by atoms with Crippen LogP contribution in [0.1, 0.15) is 47.6 Å². The Morgan fingerprint density at radius 2 is 2.00 bits per heavy atom. The Bertz CT molecular complexity index is 692. The zero-order valence-electron chi connectivity index (χ0n) is 14.5. The van der Waals surface area contributed by atoms with Gasteiger partial charge in [0.25, 0.3) is 0 Å². The van der Waals surface area contributed by atoms with Gasteiger partial charge in [0.2, 0.25) is 5.91 Å². The monoisotopic (exact) mass is 366 g/mol. The van der Waals surface area contributed by atoms with Crippen molar-refractivity contribution in [3.05, 3.63) is 44.4 Å². The van der Waals surface area contributed by atoms with Crippen LogP contribution >= 0.6 is 22.9 Å². The summed E-state index contributed by atoms with van der Waals surface area (Å²) in [6.45, 7) is 8.31. The van der Waals surface area contributed by atoms with Crippen LogP contribution in [0.5, 0.6) is 5.75 Å². The first-order valence-electron chi connectivity index (χ1n) is 7.97. The van der Waals surface area contributed by atoms with Gasteiger partial charge in [0, 0.05) is 16.8 Å². The third-order valence-electron chi connectivity index (χ3n) is 3.68. The Kier molecular flexibility index (Phi) is 6.63. The van der Waals surface area contributed by atoms with E-state index < -0.39 is 0 Å². The van der Waals surface area contributed by atoms with Crippen molar-refractivity contribution in [1.82, 2.24) is 10.3 Å². The molecule has 1 amide bonds. The predicted molar refractivity (Wildman–Crippen MR) is 99.1 cm³/mol. The molecule has 0 aliphatic rings. The lowest BCUT2D eigenvalue weighted by atomic mass is 10.1. The van der Waals surface area contributed by atoms with Crippen LogP contribution in [-0.2, 0) is 4.79 Å². The van der Waals surface area contributed by atoms with Crippen LogP contribution in [0.3, 0.4) is 0 Å². The Hall–Kier alpha value is -1.59. The number of thiazole rings is 1. The molecule has 1 unspecified atom stereocenters. The number of nitrogens with zero attached hydrogens (tertiary/aromatic N) is 1. The third kappa shape index (κ3) is 5.21. The molecule has 0 bridgehead atoms. The second kappa shape index (κ2) is 8.49. The fourth-order valence-electron chi connectivity index (χ4n) is 2.38. The van der Waals surface area contributed by atoms with E-state index >= 15 is 0 Å². The van der Waals surface area contributed by atoms with Gasteiger partial charge in [-0.25, -0.2) is 4.98 Å². The summed E-state index contributed by atoms with van der Waals surface area (Å²) >= 11 is 7.73. The smallest absolute Gasteiger partial charge is 0.220 e. The molecule has 6 heteroatoms. The minimum absolute atomic E-state index is 0.0141. The minimum Gasteiger partial charge on any atom is -0.494 e. The molecule has 1 atom stereocenters. The Labute approximate surface area is 152 Å². The van der Waals surface area contributed by atoms with Crippen LogP contribution < -0.4 is 10.1 Å². The summed E-state index contributed by atoms with van der Waals surface area (Å²) < 4.78 is 5.72. The summed E-state index contributed by atoms with van der Waals surface area (Å²) in [6.07, 6.45) is 1.09. The van der Waals surface area contributed by atoms with Gasteiger partial charge in [0.05, 0.1) is 23.4 Å². The topological polar surface area (TPSA) is 51.2 Å². The van der Waals surface area contributed by atoms with E-state index in [2.05, 4.69) is 10.3 Å². The van der Waals surface area contributed by atoms with Gasteiger partial charge in [-0.1, -0.05) is 11.6 Å². The highest BCUT2D eigenvalue weighted by Gasteiger charge is 2.12. The molecule has 2 rings (SSSR count). The Balaban J connectivity index is 1.73. The molecule has 0 radical (unpaired) electrons. The van der Waals surface area contributed by atoms with Crippen molar-refractivity contribution in [2.45, 2.75) is 46.6 Å². The molecule has 130 valence electrons. The van der Waals surface area contributed by atoms with E-state index in [1.54, 1.807) is 11.3 Å². The van der Waals surface area contributed by atoms with Crippen LogP contribution in [0.2, 0.25) is 5.02 Å². The molecule has 0 aliphatic heterocycles. The summed E-state index contributed by atoms with van der Waals surface area (Å²) in [5.74, 6) is 0.807. The highest BCUT2D eigenvalue weighted by Crippen LogP contribution is 2.26. The number of aryl methyl sites for hydroxylation is 3. The molecule has 0 aliphatic carbocycles. The average Bonchev–Trinajstić information content (AvgIpc) is 2.95. The molecular formula is C18H23ClN2O2S. The zero-order chi connectivity index (χ0) is 17.7. The number of aromatic nitrogens is 1. The number of ether oxygens (including phenoxy) is 1. The summed E-state index contributed by atoms with van der Waals surface area (Å²) in [5, 5.41) is 6.73. The number of carbonyl (C=O) groups is 1. The maximum absolute atomic E-state index is 12.0. The molecule has 4 nitrogen and oxygen atoms in total. The second-order valence-corrected chi connectivity index (χ2v) is 7.34. The largest absolute Gasteiger partial charge is 0.494 e. The summed E-state index contributed by atoms with van der Waals surface area (Å²) in [5.41, 5.74) is 2.91. The van der Waals surface area contributed by atoms with E-state index in [0.717, 1.165) is 32.6 Å². The van der Waals surface area contributed by atoms with Crippen LogP contribution in [0, 0.1) is 20.8 Å².